The molecule has 18 heavy (non-hydrogen) atoms. The number of rotatable bonds is 3. The summed E-state index contributed by atoms with van der Waals surface area (Å²) in [4.78, 5) is 15.6. The van der Waals surface area contributed by atoms with Crippen LogP contribution in [0.5, 0.6) is 5.75 Å². The maximum absolute atomic E-state index is 11.6. The number of dihydropyridines is 1. The molecule has 5 heteroatoms. The van der Waals surface area contributed by atoms with Gasteiger partial charge in [0.25, 0.3) is 5.91 Å². The van der Waals surface area contributed by atoms with Gasteiger partial charge in [-0.1, -0.05) is 18.2 Å². The summed E-state index contributed by atoms with van der Waals surface area (Å²) in [6.07, 6.45) is 4.95. The third-order valence-corrected chi connectivity index (χ3v) is 2.69. The van der Waals surface area contributed by atoms with Gasteiger partial charge in [0.2, 0.25) is 5.60 Å². The summed E-state index contributed by atoms with van der Waals surface area (Å²) >= 11 is 0. The minimum Gasteiger partial charge on any atom is -0.471 e. The van der Waals surface area contributed by atoms with Crippen LogP contribution < -0.4 is 10.5 Å². The van der Waals surface area contributed by atoms with Crippen molar-refractivity contribution in [3.63, 3.8) is 0 Å². The quantitative estimate of drug-likeness (QED) is 0.904. The second-order valence-corrected chi connectivity index (χ2v) is 3.97. The lowest BCUT2D eigenvalue weighted by Crippen LogP contribution is -2.50. The highest BCUT2D eigenvalue weighted by Gasteiger charge is 2.37. The Morgan fingerprint density at radius 2 is 2.17 bits per heavy atom. The summed E-state index contributed by atoms with van der Waals surface area (Å²) < 4.78 is 5.76. The van der Waals surface area contributed by atoms with Gasteiger partial charge in [-0.25, -0.2) is 0 Å². The predicted molar refractivity (Wildman–Crippen MR) is 73.5 cm³/mol. The molecule has 1 aliphatic rings. The summed E-state index contributed by atoms with van der Waals surface area (Å²) in [5.41, 5.74) is 5.20. The number of halogens is 1. The number of para-hydroxylation sites is 1. The van der Waals surface area contributed by atoms with E-state index in [1.165, 1.54) is 0 Å². The Morgan fingerprint density at radius 3 is 2.72 bits per heavy atom. The van der Waals surface area contributed by atoms with E-state index in [1.54, 1.807) is 18.4 Å². The molecule has 1 amide bonds. The lowest BCUT2D eigenvalue weighted by atomic mass is 10.0. The second-order valence-electron chi connectivity index (χ2n) is 3.97. The highest BCUT2D eigenvalue weighted by molar-refractivity contribution is 5.89. The van der Waals surface area contributed by atoms with Crippen LogP contribution in [0.1, 0.15) is 5.56 Å². The monoisotopic (exact) mass is 266 g/mol. The summed E-state index contributed by atoms with van der Waals surface area (Å²) in [6.45, 7) is 2.13. The molecule has 0 bridgehead atoms. The summed E-state index contributed by atoms with van der Waals surface area (Å²) in [5.74, 6) is 0.113. The molecule has 2 N–H and O–H groups in total. The Balaban J connectivity index is 0.00000162. The number of aryl methyl sites for hydroxylation is 1. The van der Waals surface area contributed by atoms with Crippen LogP contribution in [0.3, 0.4) is 0 Å². The van der Waals surface area contributed by atoms with E-state index in [9.17, 15) is 4.79 Å². The van der Waals surface area contributed by atoms with Crippen LogP contribution in [0, 0.1) is 6.92 Å². The number of aliphatic imine (C=N–C) groups is 1. The Bertz CT molecular complexity index is 500. The first-order valence-electron chi connectivity index (χ1n) is 5.36. The minimum atomic E-state index is -1.17. The van der Waals surface area contributed by atoms with Crippen LogP contribution >= 0.6 is 12.4 Å². The third kappa shape index (κ3) is 2.71. The Hall–Kier alpha value is -1.81. The smallest absolute Gasteiger partial charge is 0.267 e. The molecule has 1 unspecified atom stereocenters. The van der Waals surface area contributed by atoms with Crippen molar-refractivity contribution in [3.8, 4) is 5.75 Å². The van der Waals surface area contributed by atoms with E-state index in [0.717, 1.165) is 5.56 Å². The Labute approximate surface area is 112 Å². The number of nitrogens with zero attached hydrogens (tertiary/aromatic N) is 1. The Kier molecular flexibility index (Phi) is 4.50. The van der Waals surface area contributed by atoms with Crippen molar-refractivity contribution in [3.05, 3.63) is 42.0 Å². The van der Waals surface area contributed by atoms with E-state index in [1.807, 2.05) is 31.2 Å². The molecule has 4 nitrogen and oxygen atoms in total. The zero-order chi connectivity index (χ0) is 12.3. The topological polar surface area (TPSA) is 64.7 Å². The van der Waals surface area contributed by atoms with Gasteiger partial charge in [-0.3, -0.25) is 9.79 Å². The number of hydrogen-bond acceptors (Lipinski definition) is 3. The van der Waals surface area contributed by atoms with E-state index in [0.29, 0.717) is 5.75 Å². The average molecular weight is 267 g/mol. The van der Waals surface area contributed by atoms with Crippen LogP contribution in [0.2, 0.25) is 0 Å². The SMILES string of the molecule is Cc1ccccc1OC1(C(N)=O)C=CC=NC1.Cl. The average Bonchev–Trinajstić information content (AvgIpc) is 2.33. The maximum Gasteiger partial charge on any atom is 0.267 e. The number of hydrogen-bond donors (Lipinski definition) is 1. The van der Waals surface area contributed by atoms with Gasteiger partial charge in [0.1, 0.15) is 5.75 Å². The second kappa shape index (κ2) is 5.69. The standard InChI is InChI=1S/C13H14N2O2.ClH/c1-10-5-2-3-6-11(10)17-13(12(14)16)7-4-8-15-9-13;/h2-8H,9H2,1H3,(H2,14,16);1H. The molecule has 0 fully saturated rings. The zero-order valence-electron chi connectivity index (χ0n) is 10.00. The lowest BCUT2D eigenvalue weighted by Gasteiger charge is -2.28. The van der Waals surface area contributed by atoms with Crippen LogP contribution in [0.4, 0.5) is 0 Å². The zero-order valence-corrected chi connectivity index (χ0v) is 10.8. The van der Waals surface area contributed by atoms with Crippen LogP contribution in [-0.2, 0) is 4.79 Å². The van der Waals surface area contributed by atoms with Gasteiger partial charge >= 0.3 is 0 Å². The van der Waals surface area contributed by atoms with Crippen LogP contribution in [-0.4, -0.2) is 24.3 Å². The van der Waals surface area contributed by atoms with E-state index in [2.05, 4.69) is 4.99 Å². The molecular weight excluding hydrogens is 252 g/mol. The maximum atomic E-state index is 11.6. The largest absolute Gasteiger partial charge is 0.471 e. The molecule has 1 heterocycles. The van der Waals surface area contributed by atoms with Crippen molar-refractivity contribution < 1.29 is 9.53 Å². The van der Waals surface area contributed by atoms with Crippen molar-refractivity contribution in [2.24, 2.45) is 10.7 Å². The lowest BCUT2D eigenvalue weighted by molar-refractivity contribution is -0.129. The molecule has 1 aromatic rings. The molecule has 0 aromatic heterocycles. The summed E-state index contributed by atoms with van der Waals surface area (Å²) in [6, 6.07) is 7.49. The number of amides is 1. The van der Waals surface area contributed by atoms with Gasteiger partial charge in [-0.15, -0.1) is 12.4 Å². The highest BCUT2D eigenvalue weighted by Crippen LogP contribution is 2.24. The number of ether oxygens (including phenoxy) is 1. The van der Waals surface area contributed by atoms with Gasteiger partial charge in [-0.05, 0) is 30.7 Å². The van der Waals surface area contributed by atoms with E-state index >= 15 is 0 Å². The number of nitrogens with two attached hydrogens (primary N) is 1. The van der Waals surface area contributed by atoms with Crippen molar-refractivity contribution >= 4 is 24.5 Å². The fourth-order valence-corrected chi connectivity index (χ4v) is 1.64. The fraction of sp³-hybridized carbons (Fsp3) is 0.231. The molecule has 96 valence electrons. The van der Waals surface area contributed by atoms with E-state index in [4.69, 9.17) is 10.5 Å². The van der Waals surface area contributed by atoms with Gasteiger partial charge in [0.05, 0.1) is 6.54 Å². The minimum absolute atomic E-state index is 0. The third-order valence-electron chi connectivity index (χ3n) is 2.69. The van der Waals surface area contributed by atoms with Gasteiger partial charge in [-0.2, -0.15) is 0 Å². The number of benzene rings is 1. The molecule has 2 rings (SSSR count). The molecule has 0 saturated heterocycles. The van der Waals surface area contributed by atoms with E-state index in [-0.39, 0.29) is 19.0 Å². The summed E-state index contributed by atoms with van der Waals surface area (Å²) in [7, 11) is 0. The fourth-order valence-electron chi connectivity index (χ4n) is 1.64. The van der Waals surface area contributed by atoms with Crippen molar-refractivity contribution in [2.75, 3.05) is 6.54 Å². The molecule has 0 radical (unpaired) electrons. The first-order chi connectivity index (χ1) is 8.14. The van der Waals surface area contributed by atoms with Crippen LogP contribution in [0.15, 0.2) is 41.4 Å². The van der Waals surface area contributed by atoms with Crippen molar-refractivity contribution in [1.82, 2.24) is 0 Å². The van der Waals surface area contributed by atoms with Gasteiger partial charge in [0.15, 0.2) is 0 Å². The molecule has 1 atom stereocenters. The highest BCUT2D eigenvalue weighted by atomic mass is 35.5. The Morgan fingerprint density at radius 1 is 1.44 bits per heavy atom. The molecule has 1 aliphatic heterocycles. The molecule has 1 aromatic carbocycles. The normalized spacial score (nSPS) is 21.2. The number of carbonyl (C=O) groups excluding carboxylic acids is 1. The number of allylic oxidation sites excluding steroid dienone is 1. The van der Waals surface area contributed by atoms with Crippen molar-refractivity contribution in [1.29, 1.82) is 0 Å². The van der Waals surface area contributed by atoms with Crippen molar-refractivity contribution in [2.45, 2.75) is 12.5 Å². The van der Waals surface area contributed by atoms with Crippen LogP contribution in [0.25, 0.3) is 0 Å². The molecule has 0 saturated carbocycles. The molecular formula is C13H15ClN2O2. The van der Waals surface area contributed by atoms with Gasteiger partial charge < -0.3 is 10.5 Å². The molecule has 0 spiro atoms. The van der Waals surface area contributed by atoms with Gasteiger partial charge in [0, 0.05) is 6.21 Å². The first kappa shape index (κ1) is 14.3. The molecule has 0 aliphatic carbocycles. The summed E-state index contributed by atoms with van der Waals surface area (Å²) in [5, 5.41) is 0. The first-order valence-corrected chi connectivity index (χ1v) is 5.36. The van der Waals surface area contributed by atoms with E-state index < -0.39 is 11.5 Å². The predicted octanol–water partition coefficient (Wildman–Crippen LogP) is 1.66. The number of primary amides is 1. The number of carbonyl (C=O) groups is 1.